The van der Waals surface area contributed by atoms with Gasteiger partial charge in [0.25, 0.3) is 5.91 Å². The Labute approximate surface area is 140 Å². The molecule has 3 amide bonds. The normalized spacial score (nSPS) is 17.5. The van der Waals surface area contributed by atoms with Crippen molar-refractivity contribution in [3.8, 4) is 0 Å². The number of urea groups is 1. The van der Waals surface area contributed by atoms with Gasteiger partial charge in [-0.1, -0.05) is 11.6 Å². The summed E-state index contributed by atoms with van der Waals surface area (Å²) in [5, 5.41) is 9.26. The molecule has 2 saturated heterocycles. The number of amides is 3. The van der Waals surface area contributed by atoms with Crippen molar-refractivity contribution in [1.82, 2.24) is 16.0 Å². The molecule has 1 aromatic rings. The molecule has 2 aliphatic rings. The molecule has 6 nitrogen and oxygen atoms in total. The summed E-state index contributed by atoms with van der Waals surface area (Å²) in [5.41, 5.74) is 1.09. The molecule has 0 spiro atoms. The van der Waals surface area contributed by atoms with Crippen LogP contribution in [0.25, 0.3) is 0 Å². The van der Waals surface area contributed by atoms with E-state index < -0.39 is 0 Å². The quantitative estimate of drug-likeness (QED) is 0.769. The van der Waals surface area contributed by atoms with Crippen LogP contribution in [-0.2, 0) is 0 Å². The van der Waals surface area contributed by atoms with E-state index in [1.807, 2.05) is 0 Å². The lowest BCUT2D eigenvalue weighted by Crippen LogP contribution is -2.48. The molecule has 0 aromatic heterocycles. The standard InChI is InChI=1S/C14H17ClN4O2.ClH/c15-11-2-1-10(13(20)18-8-9-6-16-7-9)5-12(11)19-4-3-17-14(19)21;/h1-2,5,9,16H,3-4,6-8H2,(H,17,21)(H,18,20);1H. The first kappa shape index (κ1) is 16.9. The van der Waals surface area contributed by atoms with Gasteiger partial charge in [-0.2, -0.15) is 0 Å². The predicted molar refractivity (Wildman–Crippen MR) is 88.1 cm³/mol. The van der Waals surface area contributed by atoms with E-state index >= 15 is 0 Å². The van der Waals surface area contributed by atoms with Crippen molar-refractivity contribution >= 4 is 41.6 Å². The van der Waals surface area contributed by atoms with Gasteiger partial charge in [0, 0.05) is 44.2 Å². The summed E-state index contributed by atoms with van der Waals surface area (Å²) in [4.78, 5) is 25.4. The lowest BCUT2D eigenvalue weighted by atomic mass is 10.0. The van der Waals surface area contributed by atoms with E-state index in [1.165, 1.54) is 0 Å². The fourth-order valence-electron chi connectivity index (χ4n) is 2.39. The third-order valence-electron chi connectivity index (χ3n) is 3.77. The third-order valence-corrected chi connectivity index (χ3v) is 4.09. The molecule has 2 fully saturated rings. The summed E-state index contributed by atoms with van der Waals surface area (Å²) in [7, 11) is 0. The van der Waals surface area contributed by atoms with E-state index in [1.54, 1.807) is 23.1 Å². The number of halogens is 2. The maximum absolute atomic E-state index is 12.2. The lowest BCUT2D eigenvalue weighted by Gasteiger charge is -2.27. The van der Waals surface area contributed by atoms with Crippen molar-refractivity contribution in [2.24, 2.45) is 5.92 Å². The smallest absolute Gasteiger partial charge is 0.322 e. The molecule has 0 aliphatic carbocycles. The Bertz CT molecular complexity index is 578. The molecule has 0 bridgehead atoms. The highest BCUT2D eigenvalue weighted by Gasteiger charge is 2.24. The number of hydrogen-bond donors (Lipinski definition) is 3. The highest BCUT2D eigenvalue weighted by molar-refractivity contribution is 6.34. The second-order valence-corrected chi connectivity index (χ2v) is 5.69. The molecule has 2 heterocycles. The molecule has 8 heteroatoms. The average molecular weight is 345 g/mol. The molecule has 0 radical (unpaired) electrons. The van der Waals surface area contributed by atoms with Gasteiger partial charge in [-0.25, -0.2) is 4.79 Å². The van der Waals surface area contributed by atoms with Crippen LogP contribution < -0.4 is 20.9 Å². The first-order valence-electron chi connectivity index (χ1n) is 6.99. The molecule has 22 heavy (non-hydrogen) atoms. The van der Waals surface area contributed by atoms with Crippen LogP contribution in [0.4, 0.5) is 10.5 Å². The van der Waals surface area contributed by atoms with Gasteiger partial charge in [-0.3, -0.25) is 9.69 Å². The minimum absolute atomic E-state index is 0. The summed E-state index contributed by atoms with van der Waals surface area (Å²) in [6, 6.07) is 4.81. The van der Waals surface area contributed by atoms with Crippen molar-refractivity contribution in [3.63, 3.8) is 0 Å². The van der Waals surface area contributed by atoms with Crippen LogP contribution in [0, 0.1) is 5.92 Å². The lowest BCUT2D eigenvalue weighted by molar-refractivity contribution is 0.0942. The Hall–Kier alpha value is -1.50. The molecular weight excluding hydrogens is 327 g/mol. The number of rotatable bonds is 4. The second kappa shape index (κ2) is 7.17. The van der Waals surface area contributed by atoms with Crippen LogP contribution >= 0.6 is 24.0 Å². The van der Waals surface area contributed by atoms with E-state index in [0.717, 1.165) is 13.1 Å². The number of carbonyl (C=O) groups excluding carboxylic acids is 2. The number of anilines is 1. The second-order valence-electron chi connectivity index (χ2n) is 5.28. The van der Waals surface area contributed by atoms with Crippen LogP contribution in [0.1, 0.15) is 10.4 Å². The van der Waals surface area contributed by atoms with E-state index in [0.29, 0.717) is 41.8 Å². The number of nitrogens with one attached hydrogen (secondary N) is 3. The van der Waals surface area contributed by atoms with Gasteiger partial charge in [-0.15, -0.1) is 12.4 Å². The maximum atomic E-state index is 12.2. The Morgan fingerprint density at radius 3 is 2.77 bits per heavy atom. The molecule has 0 saturated carbocycles. The molecule has 3 rings (SSSR count). The largest absolute Gasteiger partial charge is 0.352 e. The minimum Gasteiger partial charge on any atom is -0.352 e. The van der Waals surface area contributed by atoms with Gasteiger partial charge >= 0.3 is 6.03 Å². The highest BCUT2D eigenvalue weighted by atomic mass is 35.5. The van der Waals surface area contributed by atoms with E-state index in [4.69, 9.17) is 11.6 Å². The molecular formula is C14H18Cl2N4O2. The third kappa shape index (κ3) is 3.45. The summed E-state index contributed by atoms with van der Waals surface area (Å²) in [6.07, 6.45) is 0. The van der Waals surface area contributed by atoms with E-state index in [9.17, 15) is 9.59 Å². The molecule has 0 atom stereocenters. The number of carbonyl (C=O) groups is 2. The van der Waals surface area contributed by atoms with Crippen LogP contribution in [-0.4, -0.2) is 44.7 Å². The van der Waals surface area contributed by atoms with Gasteiger partial charge < -0.3 is 16.0 Å². The minimum atomic E-state index is -0.185. The number of nitrogens with zero attached hydrogens (tertiary/aromatic N) is 1. The van der Waals surface area contributed by atoms with Crippen molar-refractivity contribution in [2.45, 2.75) is 0 Å². The van der Waals surface area contributed by atoms with Gasteiger partial charge in [0.05, 0.1) is 10.7 Å². The van der Waals surface area contributed by atoms with Crippen LogP contribution in [0.5, 0.6) is 0 Å². The zero-order valence-electron chi connectivity index (χ0n) is 11.9. The molecule has 3 N–H and O–H groups in total. The van der Waals surface area contributed by atoms with Crippen molar-refractivity contribution in [2.75, 3.05) is 37.6 Å². The summed E-state index contributed by atoms with van der Waals surface area (Å²) in [6.45, 7) is 3.69. The summed E-state index contributed by atoms with van der Waals surface area (Å²) >= 11 is 6.14. The summed E-state index contributed by atoms with van der Waals surface area (Å²) in [5.74, 6) is 0.365. The zero-order valence-corrected chi connectivity index (χ0v) is 13.5. The number of benzene rings is 1. The SMILES string of the molecule is Cl.O=C(NCC1CNC1)c1ccc(Cl)c(N2CCNC2=O)c1. The van der Waals surface area contributed by atoms with E-state index in [2.05, 4.69) is 16.0 Å². The highest BCUT2D eigenvalue weighted by Crippen LogP contribution is 2.28. The fourth-order valence-corrected chi connectivity index (χ4v) is 2.61. The van der Waals surface area contributed by atoms with Gasteiger partial charge in [0.1, 0.15) is 0 Å². The van der Waals surface area contributed by atoms with Crippen molar-refractivity contribution in [1.29, 1.82) is 0 Å². The monoisotopic (exact) mass is 344 g/mol. The Kier molecular flexibility index (Phi) is 5.50. The van der Waals surface area contributed by atoms with Crippen LogP contribution in [0.15, 0.2) is 18.2 Å². The molecule has 120 valence electrons. The first-order valence-corrected chi connectivity index (χ1v) is 7.37. The zero-order chi connectivity index (χ0) is 14.8. The summed E-state index contributed by atoms with van der Waals surface area (Å²) < 4.78 is 0. The fraction of sp³-hybridized carbons (Fsp3) is 0.429. The molecule has 1 aromatic carbocycles. The topological polar surface area (TPSA) is 73.5 Å². The van der Waals surface area contributed by atoms with Crippen molar-refractivity contribution < 1.29 is 9.59 Å². The van der Waals surface area contributed by atoms with Gasteiger partial charge in [0.2, 0.25) is 0 Å². The Balaban J connectivity index is 0.00000176. The Morgan fingerprint density at radius 1 is 1.41 bits per heavy atom. The van der Waals surface area contributed by atoms with Crippen molar-refractivity contribution in [3.05, 3.63) is 28.8 Å². The van der Waals surface area contributed by atoms with Crippen LogP contribution in [0.2, 0.25) is 5.02 Å². The number of hydrogen-bond acceptors (Lipinski definition) is 3. The Morgan fingerprint density at radius 2 is 2.18 bits per heavy atom. The van der Waals surface area contributed by atoms with Crippen LogP contribution in [0.3, 0.4) is 0 Å². The van der Waals surface area contributed by atoms with E-state index in [-0.39, 0.29) is 24.3 Å². The van der Waals surface area contributed by atoms with Gasteiger partial charge in [-0.05, 0) is 18.2 Å². The average Bonchev–Trinajstić information content (AvgIpc) is 2.83. The predicted octanol–water partition coefficient (Wildman–Crippen LogP) is 1.24. The first-order chi connectivity index (χ1) is 10.1. The van der Waals surface area contributed by atoms with Gasteiger partial charge in [0.15, 0.2) is 0 Å². The molecule has 0 unspecified atom stereocenters. The maximum Gasteiger partial charge on any atom is 0.322 e. The molecule has 2 aliphatic heterocycles.